The van der Waals surface area contributed by atoms with E-state index in [0.29, 0.717) is 6.07 Å². The summed E-state index contributed by atoms with van der Waals surface area (Å²) in [4.78, 5) is 22.6. The molecule has 0 radical (unpaired) electrons. The van der Waals surface area contributed by atoms with Crippen LogP contribution in [0.5, 0.6) is 5.75 Å². The second-order valence-electron chi connectivity index (χ2n) is 4.57. The standard InChI is InChI=1S/C15H10F3NO4/c16-15(17,18)11-7-9(3-6-12(11)20)13(21)19-10-4-1-8(2-5-10)14(22)23/h1-7,20H,(H,19,21)(H,22,23). The Morgan fingerprint density at radius 2 is 1.52 bits per heavy atom. The summed E-state index contributed by atoms with van der Waals surface area (Å²) >= 11 is 0. The normalized spacial score (nSPS) is 11.1. The van der Waals surface area contributed by atoms with Gasteiger partial charge in [0.1, 0.15) is 5.75 Å². The largest absolute Gasteiger partial charge is 0.507 e. The Morgan fingerprint density at radius 3 is 2.04 bits per heavy atom. The van der Waals surface area contributed by atoms with Crippen LogP contribution in [0.25, 0.3) is 0 Å². The summed E-state index contributed by atoms with van der Waals surface area (Å²) in [5, 5.41) is 20.3. The molecule has 0 saturated heterocycles. The van der Waals surface area contributed by atoms with E-state index in [-0.39, 0.29) is 16.8 Å². The van der Waals surface area contributed by atoms with Crippen LogP contribution in [-0.2, 0) is 6.18 Å². The molecule has 2 aromatic rings. The molecule has 0 heterocycles. The van der Waals surface area contributed by atoms with Crippen LogP contribution in [0.1, 0.15) is 26.3 Å². The zero-order valence-electron chi connectivity index (χ0n) is 11.4. The minimum absolute atomic E-state index is 0.00647. The summed E-state index contributed by atoms with van der Waals surface area (Å²) in [7, 11) is 0. The first kappa shape index (κ1) is 16.3. The molecule has 0 bridgehead atoms. The molecule has 0 saturated carbocycles. The van der Waals surface area contributed by atoms with Gasteiger partial charge in [-0.05, 0) is 42.5 Å². The van der Waals surface area contributed by atoms with E-state index in [9.17, 15) is 27.9 Å². The van der Waals surface area contributed by atoms with Crippen LogP contribution >= 0.6 is 0 Å². The molecule has 3 N–H and O–H groups in total. The number of phenols is 1. The number of halogens is 3. The molecule has 23 heavy (non-hydrogen) atoms. The van der Waals surface area contributed by atoms with Crippen molar-refractivity contribution in [1.82, 2.24) is 0 Å². The molecule has 120 valence electrons. The molecular formula is C15H10F3NO4. The summed E-state index contributed by atoms with van der Waals surface area (Å²) < 4.78 is 38.1. The van der Waals surface area contributed by atoms with Gasteiger partial charge in [0, 0.05) is 11.3 Å². The highest BCUT2D eigenvalue weighted by Gasteiger charge is 2.34. The van der Waals surface area contributed by atoms with E-state index in [2.05, 4.69) is 5.32 Å². The fourth-order valence-electron chi connectivity index (χ4n) is 1.80. The maximum absolute atomic E-state index is 12.7. The smallest absolute Gasteiger partial charge is 0.419 e. The predicted molar refractivity (Wildman–Crippen MR) is 74.5 cm³/mol. The quantitative estimate of drug-likeness (QED) is 0.807. The van der Waals surface area contributed by atoms with E-state index in [1.807, 2.05) is 0 Å². The molecule has 5 nitrogen and oxygen atoms in total. The minimum Gasteiger partial charge on any atom is -0.507 e. The molecule has 2 rings (SSSR count). The number of phenolic OH excluding ortho intramolecular Hbond substituents is 1. The minimum atomic E-state index is -4.79. The number of benzene rings is 2. The summed E-state index contributed by atoms with van der Waals surface area (Å²) in [6.07, 6.45) is -4.79. The number of anilines is 1. The molecule has 8 heteroatoms. The first-order valence-corrected chi connectivity index (χ1v) is 6.23. The summed E-state index contributed by atoms with van der Waals surface area (Å²) in [5.41, 5.74) is -1.38. The maximum atomic E-state index is 12.7. The Morgan fingerprint density at radius 1 is 0.957 bits per heavy atom. The van der Waals surface area contributed by atoms with Gasteiger partial charge in [0.25, 0.3) is 5.91 Å². The first-order valence-electron chi connectivity index (χ1n) is 6.23. The number of carbonyl (C=O) groups excluding carboxylic acids is 1. The van der Waals surface area contributed by atoms with Gasteiger partial charge >= 0.3 is 12.1 Å². The number of carboxylic acid groups (broad SMARTS) is 1. The van der Waals surface area contributed by atoms with E-state index in [1.165, 1.54) is 24.3 Å². The number of aromatic hydroxyl groups is 1. The fourth-order valence-corrected chi connectivity index (χ4v) is 1.80. The highest BCUT2D eigenvalue weighted by molar-refractivity contribution is 6.04. The second kappa shape index (κ2) is 5.99. The van der Waals surface area contributed by atoms with Gasteiger partial charge < -0.3 is 15.5 Å². The average molecular weight is 325 g/mol. The van der Waals surface area contributed by atoms with E-state index < -0.39 is 29.4 Å². The molecule has 0 atom stereocenters. The Kier molecular flexibility index (Phi) is 4.26. The van der Waals surface area contributed by atoms with Crippen LogP contribution in [0.2, 0.25) is 0 Å². The molecule has 1 amide bonds. The van der Waals surface area contributed by atoms with Crippen molar-refractivity contribution in [3.8, 4) is 5.75 Å². The van der Waals surface area contributed by atoms with Gasteiger partial charge in [0.05, 0.1) is 11.1 Å². The van der Waals surface area contributed by atoms with E-state index in [1.54, 1.807) is 0 Å². The van der Waals surface area contributed by atoms with Crippen molar-refractivity contribution in [3.05, 3.63) is 59.2 Å². The lowest BCUT2D eigenvalue weighted by atomic mass is 10.1. The summed E-state index contributed by atoms with van der Waals surface area (Å²) in [6.45, 7) is 0. The van der Waals surface area contributed by atoms with Crippen LogP contribution in [0.4, 0.5) is 18.9 Å². The highest BCUT2D eigenvalue weighted by Crippen LogP contribution is 2.36. The van der Waals surface area contributed by atoms with Gasteiger partial charge in [-0.1, -0.05) is 0 Å². The molecule has 0 unspecified atom stereocenters. The van der Waals surface area contributed by atoms with Crippen molar-refractivity contribution >= 4 is 17.6 Å². The lowest BCUT2D eigenvalue weighted by molar-refractivity contribution is -0.138. The Labute approximate surface area is 128 Å². The van der Waals surface area contributed by atoms with Crippen molar-refractivity contribution in [1.29, 1.82) is 0 Å². The average Bonchev–Trinajstić information content (AvgIpc) is 2.47. The fraction of sp³-hybridized carbons (Fsp3) is 0.0667. The Bertz CT molecular complexity index is 754. The summed E-state index contributed by atoms with van der Waals surface area (Å²) in [5.74, 6) is -2.94. The van der Waals surface area contributed by atoms with Gasteiger partial charge in [-0.15, -0.1) is 0 Å². The lowest BCUT2D eigenvalue weighted by Gasteiger charge is -2.11. The number of carbonyl (C=O) groups is 2. The monoisotopic (exact) mass is 325 g/mol. The number of aromatic carboxylic acids is 1. The molecule has 0 aliphatic heterocycles. The van der Waals surface area contributed by atoms with Gasteiger partial charge in [0.15, 0.2) is 0 Å². The van der Waals surface area contributed by atoms with Gasteiger partial charge in [-0.25, -0.2) is 4.79 Å². The second-order valence-corrected chi connectivity index (χ2v) is 4.57. The van der Waals surface area contributed by atoms with E-state index in [4.69, 9.17) is 5.11 Å². The number of hydrogen-bond donors (Lipinski definition) is 3. The third-order valence-corrected chi connectivity index (χ3v) is 2.95. The van der Waals surface area contributed by atoms with Crippen molar-refractivity contribution in [2.75, 3.05) is 5.32 Å². The number of alkyl halides is 3. The van der Waals surface area contributed by atoms with Crippen LogP contribution in [0, 0.1) is 0 Å². The van der Waals surface area contributed by atoms with Crippen molar-refractivity contribution in [2.45, 2.75) is 6.18 Å². The van der Waals surface area contributed by atoms with Crippen LogP contribution in [0.15, 0.2) is 42.5 Å². The summed E-state index contributed by atoms with van der Waals surface area (Å²) in [6, 6.07) is 7.48. The Hall–Kier alpha value is -3.03. The zero-order chi connectivity index (χ0) is 17.2. The van der Waals surface area contributed by atoms with Crippen LogP contribution < -0.4 is 5.32 Å². The third kappa shape index (κ3) is 3.79. The van der Waals surface area contributed by atoms with Crippen LogP contribution in [0.3, 0.4) is 0 Å². The predicted octanol–water partition coefficient (Wildman–Crippen LogP) is 3.36. The topological polar surface area (TPSA) is 86.6 Å². The maximum Gasteiger partial charge on any atom is 0.419 e. The molecule has 2 aromatic carbocycles. The van der Waals surface area contributed by atoms with Crippen LogP contribution in [-0.4, -0.2) is 22.1 Å². The number of nitrogens with one attached hydrogen (secondary N) is 1. The zero-order valence-corrected chi connectivity index (χ0v) is 11.4. The number of amides is 1. The van der Waals surface area contributed by atoms with Gasteiger partial charge in [-0.3, -0.25) is 4.79 Å². The lowest BCUT2D eigenvalue weighted by Crippen LogP contribution is -2.14. The highest BCUT2D eigenvalue weighted by atomic mass is 19.4. The molecular weight excluding hydrogens is 315 g/mol. The van der Waals surface area contributed by atoms with E-state index >= 15 is 0 Å². The molecule has 0 fully saturated rings. The third-order valence-electron chi connectivity index (χ3n) is 2.95. The Balaban J connectivity index is 2.22. The van der Waals surface area contributed by atoms with Gasteiger partial charge in [-0.2, -0.15) is 13.2 Å². The van der Waals surface area contributed by atoms with Crippen molar-refractivity contribution in [2.24, 2.45) is 0 Å². The number of carboxylic acids is 1. The molecule has 0 aliphatic carbocycles. The van der Waals surface area contributed by atoms with E-state index in [0.717, 1.165) is 12.1 Å². The SMILES string of the molecule is O=C(O)c1ccc(NC(=O)c2ccc(O)c(C(F)(F)F)c2)cc1. The number of rotatable bonds is 3. The van der Waals surface area contributed by atoms with Crippen molar-refractivity contribution < 1.29 is 33.0 Å². The first-order chi connectivity index (χ1) is 10.7. The van der Waals surface area contributed by atoms with Gasteiger partial charge in [0.2, 0.25) is 0 Å². The molecule has 0 aromatic heterocycles. The molecule has 0 aliphatic rings. The number of hydrogen-bond acceptors (Lipinski definition) is 3. The molecule has 0 spiro atoms. The van der Waals surface area contributed by atoms with Crippen molar-refractivity contribution in [3.63, 3.8) is 0 Å².